The maximum absolute atomic E-state index is 12.7. The van der Waals surface area contributed by atoms with Crippen molar-refractivity contribution in [1.82, 2.24) is 9.97 Å². The Morgan fingerprint density at radius 3 is 2.88 bits per heavy atom. The number of carbonyl (C=O) groups excluding carboxylic acids is 1. The molecule has 2 aromatic heterocycles. The average Bonchev–Trinajstić information content (AvgIpc) is 3.09. The normalized spacial score (nSPS) is 27.5. The van der Waals surface area contributed by atoms with Crippen LogP contribution in [-0.4, -0.2) is 33.1 Å². The van der Waals surface area contributed by atoms with Gasteiger partial charge in [-0.15, -0.1) is 0 Å². The van der Waals surface area contributed by atoms with Crippen molar-refractivity contribution >= 4 is 38.4 Å². The lowest BCUT2D eigenvalue weighted by molar-refractivity contribution is -0.135. The fraction of sp³-hybridized carbons (Fsp3) is 0.316. The molecule has 2 N–H and O–H groups in total. The summed E-state index contributed by atoms with van der Waals surface area (Å²) in [6, 6.07) is 11.9. The minimum Gasteiger partial charge on any atom is -0.375 e. The fourth-order valence-electron chi connectivity index (χ4n) is 3.78. The van der Waals surface area contributed by atoms with Crippen molar-refractivity contribution in [3.05, 3.63) is 48.2 Å². The molecule has 1 fully saturated rings. The van der Waals surface area contributed by atoms with Crippen LogP contribution >= 0.6 is 11.3 Å². The lowest BCUT2D eigenvalue weighted by Crippen LogP contribution is -2.53. The SMILES string of the molecule is CC1(O)C(=O)N([C@H]2C[C@H](Nc3nc4ccccc4s3)C2)c2ncccc21. The maximum atomic E-state index is 12.7. The number of anilines is 2. The summed E-state index contributed by atoms with van der Waals surface area (Å²) in [6.45, 7) is 1.55. The molecule has 132 valence electrons. The lowest BCUT2D eigenvalue weighted by atomic mass is 9.85. The molecule has 3 heterocycles. The number of benzene rings is 1. The number of pyridine rings is 1. The zero-order valence-electron chi connectivity index (χ0n) is 14.2. The molecule has 1 atom stereocenters. The minimum atomic E-state index is -1.49. The van der Waals surface area contributed by atoms with Crippen LogP contribution < -0.4 is 10.2 Å². The van der Waals surface area contributed by atoms with Crippen molar-refractivity contribution in [2.75, 3.05) is 10.2 Å². The highest BCUT2D eigenvalue weighted by molar-refractivity contribution is 7.22. The molecule has 1 aromatic carbocycles. The molecule has 1 aliphatic heterocycles. The predicted molar refractivity (Wildman–Crippen MR) is 101 cm³/mol. The van der Waals surface area contributed by atoms with Gasteiger partial charge in [-0.3, -0.25) is 9.69 Å². The van der Waals surface area contributed by atoms with Gasteiger partial charge in [0.25, 0.3) is 5.91 Å². The standard InChI is InChI=1S/C19H18N4O2S/c1-19(25)13-5-4-8-20-16(13)23(17(19)24)12-9-11(10-12)21-18-22-14-6-2-3-7-15(14)26-18/h2-8,11-12,25H,9-10H2,1H3,(H,21,22)/t11-,12-,19?. The fourth-order valence-corrected chi connectivity index (χ4v) is 4.72. The summed E-state index contributed by atoms with van der Waals surface area (Å²) in [7, 11) is 0. The van der Waals surface area contributed by atoms with Gasteiger partial charge >= 0.3 is 0 Å². The van der Waals surface area contributed by atoms with Crippen LogP contribution in [0.1, 0.15) is 25.3 Å². The van der Waals surface area contributed by atoms with Crippen molar-refractivity contribution in [2.24, 2.45) is 0 Å². The average molecular weight is 366 g/mol. The van der Waals surface area contributed by atoms with Crippen molar-refractivity contribution in [2.45, 2.75) is 37.5 Å². The third-order valence-corrected chi connectivity index (χ3v) is 6.24. The molecule has 3 aromatic rings. The van der Waals surface area contributed by atoms with Gasteiger partial charge in [0, 0.05) is 23.8 Å². The zero-order valence-corrected chi connectivity index (χ0v) is 15.0. The molecule has 0 saturated heterocycles. The molecule has 1 amide bonds. The van der Waals surface area contributed by atoms with Crippen LogP contribution in [-0.2, 0) is 10.4 Å². The Labute approximate surface area is 154 Å². The Bertz CT molecular complexity index is 976. The van der Waals surface area contributed by atoms with E-state index in [-0.39, 0.29) is 18.0 Å². The van der Waals surface area contributed by atoms with Crippen LogP contribution in [0.25, 0.3) is 10.2 Å². The number of carbonyl (C=O) groups is 1. The van der Waals surface area contributed by atoms with Crippen LogP contribution in [0, 0.1) is 0 Å². The Morgan fingerprint density at radius 1 is 1.27 bits per heavy atom. The molecule has 1 aliphatic carbocycles. The number of amides is 1. The number of fused-ring (bicyclic) bond motifs is 2. The number of nitrogens with zero attached hydrogens (tertiary/aromatic N) is 3. The van der Waals surface area contributed by atoms with Crippen molar-refractivity contribution < 1.29 is 9.90 Å². The van der Waals surface area contributed by atoms with Crippen molar-refractivity contribution in [1.29, 1.82) is 0 Å². The van der Waals surface area contributed by atoms with E-state index >= 15 is 0 Å². The van der Waals surface area contributed by atoms with Gasteiger partial charge in [0.15, 0.2) is 10.7 Å². The highest BCUT2D eigenvalue weighted by atomic mass is 32.1. The van der Waals surface area contributed by atoms with Gasteiger partial charge in [-0.25, -0.2) is 9.97 Å². The van der Waals surface area contributed by atoms with Gasteiger partial charge in [0.1, 0.15) is 5.82 Å². The van der Waals surface area contributed by atoms with Crippen LogP contribution in [0.5, 0.6) is 0 Å². The molecule has 1 unspecified atom stereocenters. The van der Waals surface area contributed by atoms with Crippen LogP contribution in [0.3, 0.4) is 0 Å². The number of aromatic nitrogens is 2. The second kappa shape index (κ2) is 5.49. The van der Waals surface area contributed by atoms with E-state index in [1.165, 1.54) is 0 Å². The summed E-state index contributed by atoms with van der Waals surface area (Å²) in [5.41, 5.74) is 0.0992. The Morgan fingerprint density at radius 2 is 2.08 bits per heavy atom. The molecule has 6 nitrogen and oxygen atoms in total. The van der Waals surface area contributed by atoms with Crippen molar-refractivity contribution in [3.63, 3.8) is 0 Å². The Kier molecular flexibility index (Phi) is 3.32. The summed E-state index contributed by atoms with van der Waals surface area (Å²) < 4.78 is 1.16. The van der Waals surface area contributed by atoms with E-state index in [1.54, 1.807) is 41.5 Å². The first-order valence-corrected chi connectivity index (χ1v) is 9.49. The van der Waals surface area contributed by atoms with E-state index in [4.69, 9.17) is 0 Å². The minimum absolute atomic E-state index is 0.0528. The van der Waals surface area contributed by atoms with E-state index in [0.717, 1.165) is 28.2 Å². The van der Waals surface area contributed by atoms with Gasteiger partial charge in [0.2, 0.25) is 0 Å². The second-order valence-corrected chi connectivity index (χ2v) is 8.11. The monoisotopic (exact) mass is 366 g/mol. The number of hydrogen-bond donors (Lipinski definition) is 2. The highest BCUT2D eigenvalue weighted by Crippen LogP contribution is 2.43. The van der Waals surface area contributed by atoms with E-state index in [0.29, 0.717) is 11.4 Å². The first kappa shape index (κ1) is 15.7. The molecule has 5 rings (SSSR count). The van der Waals surface area contributed by atoms with Crippen molar-refractivity contribution in [3.8, 4) is 0 Å². The number of rotatable bonds is 3. The number of hydrogen-bond acceptors (Lipinski definition) is 6. The first-order valence-electron chi connectivity index (χ1n) is 8.67. The van der Waals surface area contributed by atoms with Gasteiger partial charge in [0.05, 0.1) is 10.2 Å². The number of thiazole rings is 1. The molecule has 2 aliphatic rings. The van der Waals surface area contributed by atoms with Crippen LogP contribution in [0.2, 0.25) is 0 Å². The molecule has 1 saturated carbocycles. The van der Waals surface area contributed by atoms with E-state index in [1.807, 2.05) is 18.2 Å². The van der Waals surface area contributed by atoms with Crippen LogP contribution in [0.15, 0.2) is 42.6 Å². The third-order valence-electron chi connectivity index (χ3n) is 5.27. The van der Waals surface area contributed by atoms with Gasteiger partial charge in [-0.1, -0.05) is 29.5 Å². The summed E-state index contributed by atoms with van der Waals surface area (Å²) >= 11 is 1.64. The van der Waals surface area contributed by atoms with Crippen LogP contribution in [0.4, 0.5) is 10.9 Å². The zero-order chi connectivity index (χ0) is 17.9. The Hall–Kier alpha value is -2.51. The maximum Gasteiger partial charge on any atom is 0.264 e. The molecular formula is C19H18N4O2S. The first-order chi connectivity index (χ1) is 12.5. The highest BCUT2D eigenvalue weighted by Gasteiger charge is 2.51. The van der Waals surface area contributed by atoms with Gasteiger partial charge in [-0.05, 0) is 38.0 Å². The van der Waals surface area contributed by atoms with Gasteiger partial charge < -0.3 is 10.4 Å². The molecule has 26 heavy (non-hydrogen) atoms. The lowest BCUT2D eigenvalue weighted by Gasteiger charge is -2.41. The number of aliphatic hydroxyl groups is 1. The van der Waals surface area contributed by atoms with E-state index in [9.17, 15) is 9.90 Å². The summed E-state index contributed by atoms with van der Waals surface area (Å²) in [5, 5.41) is 15.0. The Balaban J connectivity index is 1.32. The smallest absolute Gasteiger partial charge is 0.264 e. The summed E-state index contributed by atoms with van der Waals surface area (Å²) in [4.78, 5) is 23.3. The molecule has 0 bridgehead atoms. The second-order valence-electron chi connectivity index (χ2n) is 7.08. The predicted octanol–water partition coefficient (Wildman–Crippen LogP) is 2.89. The number of nitrogens with one attached hydrogen (secondary N) is 1. The molecule has 7 heteroatoms. The summed E-state index contributed by atoms with van der Waals surface area (Å²) in [6.07, 6.45) is 3.29. The van der Waals surface area contributed by atoms with Gasteiger partial charge in [-0.2, -0.15) is 0 Å². The molecular weight excluding hydrogens is 348 g/mol. The summed E-state index contributed by atoms with van der Waals surface area (Å²) in [5.74, 6) is 0.306. The molecule has 0 spiro atoms. The quantitative estimate of drug-likeness (QED) is 0.745. The van der Waals surface area contributed by atoms with E-state index in [2.05, 4.69) is 21.4 Å². The largest absolute Gasteiger partial charge is 0.375 e. The third kappa shape index (κ3) is 2.24. The molecule has 0 radical (unpaired) electrons. The van der Waals surface area contributed by atoms with E-state index < -0.39 is 5.60 Å². The number of para-hydroxylation sites is 1. The topological polar surface area (TPSA) is 78.4 Å².